The quantitative estimate of drug-likeness (QED) is 0.669. The Morgan fingerprint density at radius 1 is 1.08 bits per heavy atom. The van der Waals surface area contributed by atoms with Crippen molar-refractivity contribution in [3.8, 4) is 11.1 Å². The van der Waals surface area contributed by atoms with Crippen LogP contribution < -0.4 is 0 Å². The van der Waals surface area contributed by atoms with Crippen molar-refractivity contribution in [1.29, 1.82) is 0 Å². The zero-order chi connectivity index (χ0) is 18.5. The molecule has 0 radical (unpaired) electrons. The SMILES string of the molecule is O=C(Cn1ccc2ncc(-c3ccc(F)c(F)c3)cc21)N1CC(F)(F)C1. The molecule has 2 aromatic heterocycles. The molecule has 4 nitrogen and oxygen atoms in total. The molecule has 0 saturated carbocycles. The van der Waals surface area contributed by atoms with Gasteiger partial charge >= 0.3 is 0 Å². The van der Waals surface area contributed by atoms with Crippen LogP contribution >= 0.6 is 0 Å². The number of carbonyl (C=O) groups excluding carboxylic acids is 1. The van der Waals surface area contributed by atoms with E-state index in [0.717, 1.165) is 17.0 Å². The normalized spacial score (nSPS) is 15.9. The molecule has 0 N–H and O–H groups in total. The third kappa shape index (κ3) is 2.91. The lowest BCUT2D eigenvalue weighted by atomic mass is 10.1. The topological polar surface area (TPSA) is 38.1 Å². The summed E-state index contributed by atoms with van der Waals surface area (Å²) < 4.78 is 54.0. The fourth-order valence-electron chi connectivity index (χ4n) is 2.97. The first kappa shape index (κ1) is 16.6. The van der Waals surface area contributed by atoms with Gasteiger partial charge in [0.15, 0.2) is 11.6 Å². The van der Waals surface area contributed by atoms with Gasteiger partial charge < -0.3 is 9.47 Å². The maximum Gasteiger partial charge on any atom is 0.282 e. The highest BCUT2D eigenvalue weighted by Crippen LogP contribution is 2.28. The maximum absolute atomic E-state index is 13.5. The number of pyridine rings is 1. The summed E-state index contributed by atoms with van der Waals surface area (Å²) in [6.07, 6.45) is 3.17. The molecule has 4 rings (SSSR count). The van der Waals surface area contributed by atoms with E-state index < -0.39 is 36.6 Å². The van der Waals surface area contributed by atoms with Gasteiger partial charge in [-0.15, -0.1) is 0 Å². The summed E-state index contributed by atoms with van der Waals surface area (Å²) in [6, 6.07) is 6.93. The van der Waals surface area contributed by atoms with Crippen LogP contribution in [0.5, 0.6) is 0 Å². The van der Waals surface area contributed by atoms with Crippen molar-refractivity contribution in [1.82, 2.24) is 14.5 Å². The number of hydrogen-bond donors (Lipinski definition) is 0. The monoisotopic (exact) mass is 363 g/mol. The van der Waals surface area contributed by atoms with Gasteiger partial charge in [0.2, 0.25) is 5.91 Å². The molecule has 1 saturated heterocycles. The Morgan fingerprint density at radius 3 is 2.54 bits per heavy atom. The van der Waals surface area contributed by atoms with Crippen LogP contribution in [-0.2, 0) is 11.3 Å². The molecule has 0 unspecified atom stereocenters. The second-order valence-electron chi connectivity index (χ2n) is 6.31. The van der Waals surface area contributed by atoms with Crippen molar-refractivity contribution < 1.29 is 22.4 Å². The van der Waals surface area contributed by atoms with Crippen LogP contribution in [0, 0.1) is 11.6 Å². The number of likely N-dealkylation sites (tertiary alicyclic amines) is 1. The third-order valence-corrected chi connectivity index (χ3v) is 4.37. The van der Waals surface area contributed by atoms with E-state index in [2.05, 4.69) is 4.98 Å². The number of amides is 1. The molecule has 26 heavy (non-hydrogen) atoms. The lowest BCUT2D eigenvalue weighted by Gasteiger charge is -2.38. The van der Waals surface area contributed by atoms with Crippen LogP contribution in [0.25, 0.3) is 22.2 Å². The number of benzene rings is 1. The summed E-state index contributed by atoms with van der Waals surface area (Å²) in [7, 11) is 0. The predicted octanol–water partition coefficient (Wildman–Crippen LogP) is 3.46. The van der Waals surface area contributed by atoms with Crippen molar-refractivity contribution in [2.75, 3.05) is 13.1 Å². The Bertz CT molecular complexity index is 1010. The van der Waals surface area contributed by atoms with Crippen molar-refractivity contribution >= 4 is 16.9 Å². The minimum atomic E-state index is -2.81. The van der Waals surface area contributed by atoms with E-state index in [9.17, 15) is 22.4 Å². The molecular weight excluding hydrogens is 350 g/mol. The second-order valence-corrected chi connectivity index (χ2v) is 6.31. The lowest BCUT2D eigenvalue weighted by Crippen LogP contribution is -2.59. The van der Waals surface area contributed by atoms with Crippen LogP contribution in [0.15, 0.2) is 42.7 Å². The molecule has 3 aromatic rings. The van der Waals surface area contributed by atoms with E-state index in [1.165, 1.54) is 12.3 Å². The lowest BCUT2D eigenvalue weighted by molar-refractivity contribution is -0.166. The molecule has 0 atom stereocenters. The molecule has 3 heterocycles. The molecular formula is C18H13F4N3O. The van der Waals surface area contributed by atoms with Crippen molar-refractivity contribution in [2.24, 2.45) is 0 Å². The summed E-state index contributed by atoms with van der Waals surface area (Å²) in [4.78, 5) is 17.5. The van der Waals surface area contributed by atoms with Gasteiger partial charge in [0.1, 0.15) is 6.54 Å². The maximum atomic E-state index is 13.5. The van der Waals surface area contributed by atoms with E-state index in [1.54, 1.807) is 22.9 Å². The minimum absolute atomic E-state index is 0.0947. The molecule has 1 aliphatic rings. The molecule has 0 bridgehead atoms. The predicted molar refractivity (Wildman–Crippen MR) is 86.6 cm³/mol. The largest absolute Gasteiger partial charge is 0.337 e. The smallest absolute Gasteiger partial charge is 0.282 e. The third-order valence-electron chi connectivity index (χ3n) is 4.37. The highest BCUT2D eigenvalue weighted by molar-refractivity contribution is 5.84. The molecule has 1 aliphatic heterocycles. The summed E-state index contributed by atoms with van der Waals surface area (Å²) in [5.74, 6) is -5.13. The van der Waals surface area contributed by atoms with Crippen molar-refractivity contribution in [3.05, 3.63) is 54.4 Å². The van der Waals surface area contributed by atoms with E-state index >= 15 is 0 Å². The van der Waals surface area contributed by atoms with Crippen molar-refractivity contribution in [2.45, 2.75) is 12.5 Å². The fraction of sp³-hybridized carbons (Fsp3) is 0.222. The average Bonchev–Trinajstić information content (AvgIpc) is 2.97. The first-order chi connectivity index (χ1) is 12.3. The Kier molecular flexibility index (Phi) is 3.71. The molecule has 0 aliphatic carbocycles. The van der Waals surface area contributed by atoms with Gasteiger partial charge in [-0.25, -0.2) is 17.6 Å². The van der Waals surface area contributed by atoms with Crippen LogP contribution in [0.4, 0.5) is 17.6 Å². The average molecular weight is 363 g/mol. The minimum Gasteiger partial charge on any atom is -0.337 e. The van der Waals surface area contributed by atoms with Gasteiger partial charge in [0.25, 0.3) is 5.92 Å². The molecule has 8 heteroatoms. The number of alkyl halides is 2. The highest BCUT2D eigenvalue weighted by atomic mass is 19.3. The van der Waals surface area contributed by atoms with Crippen LogP contribution in [0.3, 0.4) is 0 Å². The first-order valence-corrected chi connectivity index (χ1v) is 7.88. The molecule has 0 spiro atoms. The Hall–Kier alpha value is -2.90. The zero-order valence-electron chi connectivity index (χ0n) is 13.4. The molecule has 1 aromatic carbocycles. The van der Waals surface area contributed by atoms with Gasteiger partial charge in [-0.1, -0.05) is 6.07 Å². The van der Waals surface area contributed by atoms with E-state index in [4.69, 9.17) is 0 Å². The fourth-order valence-corrected chi connectivity index (χ4v) is 2.97. The van der Waals surface area contributed by atoms with Crippen LogP contribution in [0.2, 0.25) is 0 Å². The number of rotatable bonds is 3. The number of nitrogens with zero attached hydrogens (tertiary/aromatic N) is 3. The Balaban J connectivity index is 1.62. The van der Waals surface area contributed by atoms with Crippen molar-refractivity contribution in [3.63, 3.8) is 0 Å². The Morgan fingerprint density at radius 2 is 1.85 bits per heavy atom. The summed E-state index contributed by atoms with van der Waals surface area (Å²) >= 11 is 0. The first-order valence-electron chi connectivity index (χ1n) is 7.88. The second kappa shape index (κ2) is 5.82. The number of aromatic nitrogens is 2. The van der Waals surface area contributed by atoms with Crippen LogP contribution in [-0.4, -0.2) is 39.4 Å². The number of carbonyl (C=O) groups is 1. The van der Waals surface area contributed by atoms with E-state index in [-0.39, 0.29) is 6.54 Å². The zero-order valence-corrected chi connectivity index (χ0v) is 13.4. The van der Waals surface area contributed by atoms with Gasteiger partial charge in [-0.3, -0.25) is 9.78 Å². The molecule has 1 amide bonds. The highest BCUT2D eigenvalue weighted by Gasteiger charge is 2.46. The van der Waals surface area contributed by atoms with Gasteiger partial charge in [-0.05, 0) is 29.8 Å². The van der Waals surface area contributed by atoms with Crippen LogP contribution in [0.1, 0.15) is 0 Å². The molecule has 1 fully saturated rings. The number of halogens is 4. The van der Waals surface area contributed by atoms with Gasteiger partial charge in [0, 0.05) is 18.0 Å². The summed E-state index contributed by atoms with van der Waals surface area (Å²) in [6.45, 7) is -1.23. The Labute approximate surface area is 145 Å². The number of fused-ring (bicyclic) bond motifs is 1. The number of hydrogen-bond acceptors (Lipinski definition) is 2. The molecule has 134 valence electrons. The summed E-state index contributed by atoms with van der Waals surface area (Å²) in [5.41, 5.74) is 2.21. The van der Waals surface area contributed by atoms with E-state index in [1.807, 2.05) is 0 Å². The van der Waals surface area contributed by atoms with Gasteiger partial charge in [-0.2, -0.15) is 0 Å². The van der Waals surface area contributed by atoms with Gasteiger partial charge in [0.05, 0.1) is 24.1 Å². The summed E-state index contributed by atoms with van der Waals surface area (Å²) in [5, 5.41) is 0. The van der Waals surface area contributed by atoms with E-state index in [0.29, 0.717) is 22.2 Å². The standard InChI is InChI=1S/C18H13F4N3O/c19-13-2-1-11(5-14(13)20)12-6-16-15(23-7-12)3-4-24(16)8-17(26)25-9-18(21,22)10-25/h1-7H,8-10H2.